The summed E-state index contributed by atoms with van der Waals surface area (Å²) in [5.41, 5.74) is 10.6. The van der Waals surface area contributed by atoms with Gasteiger partial charge in [0.2, 0.25) is 25.4 Å². The lowest BCUT2D eigenvalue weighted by Crippen LogP contribution is -2.45. The van der Waals surface area contributed by atoms with Gasteiger partial charge in [0.1, 0.15) is 12.1 Å². The van der Waals surface area contributed by atoms with E-state index in [0.29, 0.717) is 11.4 Å². The third-order valence-corrected chi connectivity index (χ3v) is 8.80. The van der Waals surface area contributed by atoms with Crippen LogP contribution in [0.25, 0.3) is 11.2 Å². The molecule has 2 unspecified atom stereocenters. The van der Waals surface area contributed by atoms with Crippen LogP contribution in [0.15, 0.2) is 30.5 Å². The molecule has 2 atom stereocenters. The van der Waals surface area contributed by atoms with Gasteiger partial charge >= 0.3 is 35.8 Å². The fourth-order valence-corrected chi connectivity index (χ4v) is 5.03. The highest BCUT2D eigenvalue weighted by molar-refractivity contribution is 5.97. The van der Waals surface area contributed by atoms with Crippen molar-refractivity contribution in [2.75, 3.05) is 37.0 Å². The molecule has 0 aliphatic carbocycles. The first-order valence-electron chi connectivity index (χ1n) is 20.0. The van der Waals surface area contributed by atoms with Crippen LogP contribution in [-0.2, 0) is 63.8 Å². The van der Waals surface area contributed by atoms with Crippen LogP contribution >= 0.6 is 0 Å². The maximum Gasteiger partial charge on any atom is 0.331 e. The lowest BCUT2D eigenvalue weighted by Gasteiger charge is -2.21. The average Bonchev–Trinajstić information content (AvgIpc) is 3.19. The molecule has 0 saturated carbocycles. The summed E-state index contributed by atoms with van der Waals surface area (Å²) in [5, 5.41) is 4.95. The molecule has 2 amide bonds. The van der Waals surface area contributed by atoms with Crippen LogP contribution in [0.2, 0.25) is 0 Å². The van der Waals surface area contributed by atoms with Gasteiger partial charge < -0.3 is 50.7 Å². The topological polar surface area (TPSA) is 314 Å². The second kappa shape index (κ2) is 21.9. The highest BCUT2D eigenvalue weighted by Gasteiger charge is 2.31. The quantitative estimate of drug-likeness (QED) is 0.0617. The highest BCUT2D eigenvalue weighted by atomic mass is 16.7. The van der Waals surface area contributed by atoms with Gasteiger partial charge in [-0.1, -0.05) is 0 Å². The molecule has 0 bridgehead atoms. The second-order valence-corrected chi connectivity index (χ2v) is 17.7. The number of aromatic nitrogens is 4. The van der Waals surface area contributed by atoms with Crippen LogP contribution in [0.1, 0.15) is 104 Å². The molecule has 6 N–H and O–H groups in total. The molecule has 348 valence electrons. The van der Waals surface area contributed by atoms with Crippen LogP contribution in [0, 0.1) is 16.2 Å². The maximum absolute atomic E-state index is 13.5. The molecule has 2 aromatic heterocycles. The number of fused-ring (bicyclic) bond motifs is 1. The van der Waals surface area contributed by atoms with Crippen molar-refractivity contribution < 1.29 is 62.0 Å². The Balaban J connectivity index is 1.74. The first kappa shape index (κ1) is 51.4. The van der Waals surface area contributed by atoms with E-state index in [1.165, 1.54) is 18.3 Å². The summed E-state index contributed by atoms with van der Waals surface area (Å²) in [4.78, 5) is 121. The monoisotopic (exact) mass is 895 g/mol. The van der Waals surface area contributed by atoms with Crippen molar-refractivity contribution in [3.8, 4) is 0 Å². The Labute approximate surface area is 369 Å². The second-order valence-electron chi connectivity index (χ2n) is 17.7. The molecule has 0 saturated heterocycles. The van der Waals surface area contributed by atoms with Crippen LogP contribution in [0.4, 0.5) is 17.5 Å². The van der Waals surface area contributed by atoms with E-state index in [2.05, 4.69) is 30.6 Å². The Hall–Kier alpha value is -7.00. The van der Waals surface area contributed by atoms with E-state index in [0.717, 1.165) is 0 Å². The summed E-state index contributed by atoms with van der Waals surface area (Å²) in [6, 6.07) is 3.30. The zero-order valence-electron chi connectivity index (χ0n) is 37.7. The number of carbonyl (C=O) groups excluding carboxylic acids is 8. The number of carbonyl (C=O) groups is 8. The number of anilines is 3. The minimum atomic E-state index is -1.51. The summed E-state index contributed by atoms with van der Waals surface area (Å²) in [6.45, 7) is 12.8. The number of amides is 2. The number of hydrogen-bond donors (Lipinski definition) is 4. The van der Waals surface area contributed by atoms with Crippen molar-refractivity contribution in [1.29, 1.82) is 0 Å². The predicted octanol–water partition coefficient (Wildman–Crippen LogP) is 2.66. The van der Waals surface area contributed by atoms with Gasteiger partial charge in [0.15, 0.2) is 17.0 Å². The molecule has 3 aromatic rings. The summed E-state index contributed by atoms with van der Waals surface area (Å²) < 4.78 is 25.1. The molecule has 0 aliphatic rings. The van der Waals surface area contributed by atoms with Crippen molar-refractivity contribution in [1.82, 2.24) is 30.6 Å². The van der Waals surface area contributed by atoms with E-state index in [4.69, 9.17) is 35.2 Å². The number of esters is 6. The van der Waals surface area contributed by atoms with Gasteiger partial charge in [-0.25, -0.2) is 19.6 Å². The third-order valence-electron chi connectivity index (χ3n) is 8.80. The number of nitrogens with one attached hydrogen (secondary N) is 2. The fraction of sp³-hybridized carbons (Fsp3) is 0.524. The van der Waals surface area contributed by atoms with Gasteiger partial charge in [-0.05, 0) is 99.4 Å². The largest absolute Gasteiger partial charge is 0.427 e. The van der Waals surface area contributed by atoms with Crippen molar-refractivity contribution in [2.45, 2.75) is 107 Å². The molecule has 0 spiro atoms. The molecule has 3 rings (SSSR count). The Kier molecular flexibility index (Phi) is 17.6. The molecule has 1 aromatic carbocycles. The Morgan fingerprint density at radius 1 is 0.672 bits per heavy atom. The number of hydrogen-bond acceptors (Lipinski definition) is 20. The molecule has 22 heteroatoms. The Bertz CT molecular complexity index is 2210. The van der Waals surface area contributed by atoms with Gasteiger partial charge in [0.25, 0.3) is 5.91 Å². The van der Waals surface area contributed by atoms with Crippen molar-refractivity contribution >= 4 is 76.2 Å². The third kappa shape index (κ3) is 16.0. The molecular formula is C42H57N9O13. The number of nitrogens with two attached hydrogens (primary N) is 2. The van der Waals surface area contributed by atoms with Crippen LogP contribution in [-0.4, -0.2) is 100 Å². The molecule has 22 nitrogen and oxygen atoms in total. The van der Waals surface area contributed by atoms with E-state index < -0.39 is 109 Å². The molecular weight excluding hydrogens is 839 g/mol. The van der Waals surface area contributed by atoms with E-state index in [9.17, 15) is 38.4 Å². The van der Waals surface area contributed by atoms with Crippen molar-refractivity contribution in [2.24, 2.45) is 16.2 Å². The Morgan fingerprint density at radius 2 is 1.19 bits per heavy atom. The van der Waals surface area contributed by atoms with E-state index in [1.807, 2.05) is 4.90 Å². The number of benzene rings is 1. The van der Waals surface area contributed by atoms with Crippen LogP contribution in [0.3, 0.4) is 0 Å². The van der Waals surface area contributed by atoms with Gasteiger partial charge in [0.05, 0.1) is 34.7 Å². The van der Waals surface area contributed by atoms with Crippen LogP contribution < -0.4 is 27.0 Å². The van der Waals surface area contributed by atoms with Gasteiger partial charge in [-0.15, -0.1) is 0 Å². The van der Waals surface area contributed by atoms with Crippen LogP contribution in [0.5, 0.6) is 0 Å². The first-order chi connectivity index (χ1) is 29.6. The summed E-state index contributed by atoms with van der Waals surface area (Å²) in [5.74, 6) is -6.78. The number of nitrogens with zero attached hydrogens (tertiary/aromatic N) is 5. The Morgan fingerprint density at radius 3 is 1.72 bits per heavy atom. The molecule has 0 aliphatic heterocycles. The van der Waals surface area contributed by atoms with E-state index in [-0.39, 0.29) is 41.5 Å². The summed E-state index contributed by atoms with van der Waals surface area (Å²) in [7, 11) is 1.78. The molecule has 2 heterocycles. The maximum atomic E-state index is 13.5. The smallest absolute Gasteiger partial charge is 0.331 e. The minimum absolute atomic E-state index is 0.0315. The molecule has 64 heavy (non-hydrogen) atoms. The molecule has 0 fully saturated rings. The van der Waals surface area contributed by atoms with Gasteiger partial charge in [0, 0.05) is 31.1 Å². The minimum Gasteiger partial charge on any atom is -0.427 e. The molecule has 0 radical (unpaired) electrons. The number of ether oxygens (including phenoxy) is 5. The summed E-state index contributed by atoms with van der Waals surface area (Å²) >= 11 is 0. The predicted molar refractivity (Wildman–Crippen MR) is 228 cm³/mol. The standard InChI is InChI=1S/C42H57N9O13/c1-40(2,3)36(57)62-21-60-34(55)26(16-18-29(53)64-38(59)42(7,8)9)47-28(52)17-15-27(35(56)61-22-63-37(58)41(4,5)6)48-33(54)23-11-13-25(14-12-23)51(10)20-24-19-45-32-30(46-24)31(43)49-39(44)50-32/h11-14,19,26-27H,15-18,20-22H2,1-10H3,(H,47,52)(H,48,54)(H4,43,44,45,49,50). The lowest BCUT2D eigenvalue weighted by atomic mass is 9.97. The SMILES string of the molecule is CN(Cc1cnc2nc(N)nc(N)c2n1)c1ccc(C(=O)NC(CCC(=O)NC(CCC(=O)OC(=O)C(C)(C)C)C(=O)OCOC(=O)C(C)(C)C)C(=O)OCOC(=O)C(C)(C)C)cc1. The normalized spacial score (nSPS) is 12.5. The average molecular weight is 896 g/mol. The van der Waals surface area contributed by atoms with Crippen molar-refractivity contribution in [3.63, 3.8) is 0 Å². The highest BCUT2D eigenvalue weighted by Crippen LogP contribution is 2.21. The zero-order valence-corrected chi connectivity index (χ0v) is 37.7. The van der Waals surface area contributed by atoms with Crippen molar-refractivity contribution in [3.05, 3.63) is 41.7 Å². The van der Waals surface area contributed by atoms with E-state index >= 15 is 0 Å². The summed E-state index contributed by atoms with van der Waals surface area (Å²) in [6.07, 6.45) is -0.260. The first-order valence-corrected chi connectivity index (χ1v) is 20.0. The van der Waals surface area contributed by atoms with E-state index in [1.54, 1.807) is 81.5 Å². The number of nitrogen functional groups attached to an aromatic ring is 2. The van der Waals surface area contributed by atoms with Gasteiger partial charge in [-0.2, -0.15) is 9.97 Å². The lowest BCUT2D eigenvalue weighted by molar-refractivity contribution is -0.176. The van der Waals surface area contributed by atoms with Gasteiger partial charge in [-0.3, -0.25) is 28.8 Å². The zero-order chi connectivity index (χ0) is 48.2. The number of rotatable bonds is 18. The fourth-order valence-electron chi connectivity index (χ4n) is 5.03.